The topological polar surface area (TPSA) is 66.5 Å². The maximum Gasteiger partial charge on any atom is 0.248 e. The summed E-state index contributed by atoms with van der Waals surface area (Å²) in [7, 11) is -3.63. The number of benzene rings is 2. The highest BCUT2D eigenvalue weighted by Gasteiger charge is 2.29. The highest BCUT2D eigenvalue weighted by atomic mass is 32.2. The molecule has 1 N–H and O–H groups in total. The summed E-state index contributed by atoms with van der Waals surface area (Å²) in [6.45, 7) is 7.59. The second kappa shape index (κ2) is 8.57. The van der Waals surface area contributed by atoms with Crippen LogP contribution in [-0.4, -0.2) is 26.6 Å². The minimum Gasteiger partial charge on any atom is -0.324 e. The van der Waals surface area contributed by atoms with E-state index in [2.05, 4.69) is 5.32 Å². The summed E-state index contributed by atoms with van der Waals surface area (Å²) in [6, 6.07) is 12.2. The van der Waals surface area contributed by atoms with Gasteiger partial charge in [-0.15, -0.1) is 0 Å². The molecule has 2 aromatic carbocycles. The van der Waals surface area contributed by atoms with Gasteiger partial charge in [0.1, 0.15) is 6.04 Å². The molecule has 0 aliphatic heterocycles. The fourth-order valence-electron chi connectivity index (χ4n) is 3.12. The van der Waals surface area contributed by atoms with E-state index in [0.717, 1.165) is 41.5 Å². The lowest BCUT2D eigenvalue weighted by atomic mass is 10.1. The largest absolute Gasteiger partial charge is 0.324 e. The Bertz CT molecular complexity index is 906. The quantitative estimate of drug-likeness (QED) is 0.782. The normalized spacial score (nSPS) is 12.5. The van der Waals surface area contributed by atoms with Gasteiger partial charge in [-0.25, -0.2) is 8.42 Å². The van der Waals surface area contributed by atoms with Crippen LogP contribution in [0.1, 0.15) is 37.5 Å². The van der Waals surface area contributed by atoms with Crippen molar-refractivity contribution < 1.29 is 13.2 Å². The van der Waals surface area contributed by atoms with Crippen molar-refractivity contribution in [3.05, 3.63) is 59.2 Å². The first-order valence-corrected chi connectivity index (χ1v) is 11.0. The number of aryl methyl sites for hydroxylation is 3. The molecule has 0 saturated carbocycles. The zero-order valence-corrected chi connectivity index (χ0v) is 17.4. The van der Waals surface area contributed by atoms with Gasteiger partial charge in [-0.05, 0) is 55.5 Å². The molecule has 6 heteroatoms. The lowest BCUT2D eigenvalue weighted by molar-refractivity contribution is -0.116. The van der Waals surface area contributed by atoms with Crippen molar-refractivity contribution in [2.75, 3.05) is 15.9 Å². The monoisotopic (exact) mass is 388 g/mol. The fraction of sp³-hybridized carbons (Fsp3) is 0.381. The van der Waals surface area contributed by atoms with E-state index in [4.69, 9.17) is 0 Å². The second-order valence-corrected chi connectivity index (χ2v) is 8.57. The van der Waals surface area contributed by atoms with Crippen LogP contribution in [0, 0.1) is 6.92 Å². The Morgan fingerprint density at radius 1 is 1.07 bits per heavy atom. The number of carbonyl (C=O) groups is 1. The van der Waals surface area contributed by atoms with Gasteiger partial charge in [0.25, 0.3) is 0 Å². The van der Waals surface area contributed by atoms with Crippen LogP contribution >= 0.6 is 0 Å². The molecule has 0 radical (unpaired) electrons. The molecule has 5 nitrogen and oxygen atoms in total. The molecule has 1 atom stereocenters. The zero-order chi connectivity index (χ0) is 20.2. The van der Waals surface area contributed by atoms with Gasteiger partial charge < -0.3 is 5.32 Å². The molecular weight excluding hydrogens is 360 g/mol. The molecule has 0 aromatic heterocycles. The second-order valence-electron chi connectivity index (χ2n) is 6.71. The van der Waals surface area contributed by atoms with Crippen molar-refractivity contribution in [2.45, 2.75) is 46.6 Å². The van der Waals surface area contributed by atoms with Crippen molar-refractivity contribution in [2.24, 2.45) is 0 Å². The van der Waals surface area contributed by atoms with E-state index in [0.29, 0.717) is 5.69 Å². The number of carbonyl (C=O) groups excluding carboxylic acids is 1. The molecular formula is C21H28N2O3S. The Morgan fingerprint density at radius 2 is 1.70 bits per heavy atom. The number of nitrogens with zero attached hydrogens (tertiary/aromatic N) is 1. The van der Waals surface area contributed by atoms with Crippen molar-refractivity contribution in [1.29, 1.82) is 0 Å². The average Bonchev–Trinajstić information content (AvgIpc) is 2.62. The Hall–Kier alpha value is -2.34. The van der Waals surface area contributed by atoms with Crippen molar-refractivity contribution in [3.8, 4) is 0 Å². The SMILES string of the molecule is CCc1ccc(N(C(C)C(=O)Nc2c(C)cccc2CC)S(C)(=O)=O)cc1. The van der Waals surface area contributed by atoms with Crippen molar-refractivity contribution in [1.82, 2.24) is 0 Å². The summed E-state index contributed by atoms with van der Waals surface area (Å²) >= 11 is 0. The lowest BCUT2D eigenvalue weighted by Crippen LogP contribution is -2.45. The minimum absolute atomic E-state index is 0.357. The first-order valence-electron chi connectivity index (χ1n) is 9.16. The van der Waals surface area contributed by atoms with Crippen LogP contribution in [0.25, 0.3) is 0 Å². The van der Waals surface area contributed by atoms with Crippen LogP contribution in [0.2, 0.25) is 0 Å². The van der Waals surface area contributed by atoms with E-state index < -0.39 is 16.1 Å². The average molecular weight is 389 g/mol. The number of amides is 1. The third kappa shape index (κ3) is 4.89. The Morgan fingerprint density at radius 3 is 2.22 bits per heavy atom. The Labute approximate surface area is 162 Å². The molecule has 1 unspecified atom stereocenters. The first-order chi connectivity index (χ1) is 12.7. The molecule has 0 fully saturated rings. The van der Waals surface area contributed by atoms with Gasteiger partial charge in [0.15, 0.2) is 0 Å². The van der Waals surface area contributed by atoms with Crippen LogP contribution in [0.15, 0.2) is 42.5 Å². The van der Waals surface area contributed by atoms with E-state index in [1.165, 1.54) is 4.31 Å². The van der Waals surface area contributed by atoms with Crippen molar-refractivity contribution in [3.63, 3.8) is 0 Å². The number of para-hydroxylation sites is 1. The minimum atomic E-state index is -3.63. The molecule has 27 heavy (non-hydrogen) atoms. The summed E-state index contributed by atoms with van der Waals surface area (Å²) in [6.07, 6.45) is 2.76. The van der Waals surface area contributed by atoms with Gasteiger partial charge >= 0.3 is 0 Å². The number of nitrogens with one attached hydrogen (secondary N) is 1. The maximum atomic E-state index is 12.9. The number of hydrogen-bond acceptors (Lipinski definition) is 3. The standard InChI is InChI=1S/C21H28N2O3S/c1-6-17-11-13-19(14-12-17)23(27(5,25)26)16(4)21(24)22-20-15(3)9-8-10-18(20)7-2/h8-14,16H,6-7H2,1-5H3,(H,22,24). The maximum absolute atomic E-state index is 12.9. The smallest absolute Gasteiger partial charge is 0.248 e. The summed E-state index contributed by atoms with van der Waals surface area (Å²) in [4.78, 5) is 12.9. The summed E-state index contributed by atoms with van der Waals surface area (Å²) in [5, 5.41) is 2.93. The van der Waals surface area contributed by atoms with E-state index in [-0.39, 0.29) is 5.91 Å². The molecule has 0 heterocycles. The highest BCUT2D eigenvalue weighted by Crippen LogP contribution is 2.25. The predicted octanol–water partition coefficient (Wildman–Crippen LogP) is 3.91. The van der Waals surface area contributed by atoms with Gasteiger partial charge in [-0.3, -0.25) is 9.10 Å². The predicted molar refractivity (Wildman–Crippen MR) is 112 cm³/mol. The molecule has 2 rings (SSSR count). The third-order valence-corrected chi connectivity index (χ3v) is 5.92. The van der Waals surface area contributed by atoms with Gasteiger partial charge in [-0.1, -0.05) is 44.2 Å². The number of sulfonamides is 1. The number of hydrogen-bond donors (Lipinski definition) is 1. The molecule has 0 bridgehead atoms. The molecule has 0 aliphatic rings. The number of anilines is 2. The van der Waals surface area contributed by atoms with Gasteiger partial charge in [0.05, 0.1) is 11.9 Å². The molecule has 0 spiro atoms. The van der Waals surface area contributed by atoms with Gasteiger partial charge in [-0.2, -0.15) is 0 Å². The molecule has 146 valence electrons. The van der Waals surface area contributed by atoms with Crippen LogP contribution < -0.4 is 9.62 Å². The van der Waals surface area contributed by atoms with Crippen LogP contribution in [0.5, 0.6) is 0 Å². The third-order valence-electron chi connectivity index (χ3n) is 4.68. The van der Waals surface area contributed by atoms with Crippen LogP contribution in [-0.2, 0) is 27.7 Å². The van der Waals surface area contributed by atoms with E-state index >= 15 is 0 Å². The Balaban J connectivity index is 2.35. The Kier molecular flexibility index (Phi) is 6.65. The van der Waals surface area contributed by atoms with E-state index in [1.807, 2.05) is 51.1 Å². The summed E-state index contributed by atoms with van der Waals surface area (Å²) in [5.41, 5.74) is 4.32. The van der Waals surface area contributed by atoms with E-state index in [1.54, 1.807) is 19.1 Å². The van der Waals surface area contributed by atoms with Gasteiger partial charge in [0, 0.05) is 5.69 Å². The van der Waals surface area contributed by atoms with E-state index in [9.17, 15) is 13.2 Å². The summed E-state index contributed by atoms with van der Waals surface area (Å²) < 4.78 is 26.0. The lowest BCUT2D eigenvalue weighted by Gasteiger charge is -2.29. The van der Waals surface area contributed by atoms with Crippen LogP contribution in [0.4, 0.5) is 11.4 Å². The van der Waals surface area contributed by atoms with Gasteiger partial charge in [0.2, 0.25) is 15.9 Å². The summed E-state index contributed by atoms with van der Waals surface area (Å²) in [5.74, 6) is -0.357. The highest BCUT2D eigenvalue weighted by molar-refractivity contribution is 7.92. The molecule has 1 amide bonds. The number of rotatable bonds is 7. The van der Waals surface area contributed by atoms with Crippen molar-refractivity contribution >= 4 is 27.3 Å². The molecule has 0 saturated heterocycles. The molecule has 2 aromatic rings. The molecule has 0 aliphatic carbocycles. The fourth-order valence-corrected chi connectivity index (χ4v) is 4.29. The van der Waals surface area contributed by atoms with Crippen LogP contribution in [0.3, 0.4) is 0 Å². The first kappa shape index (κ1) is 21.0. The zero-order valence-electron chi connectivity index (χ0n) is 16.6.